The minimum Gasteiger partial charge on any atom is -0.483 e. The van der Waals surface area contributed by atoms with Gasteiger partial charge in [-0.3, -0.25) is 4.79 Å². The highest BCUT2D eigenvalue weighted by Crippen LogP contribution is 2.21. The van der Waals surface area contributed by atoms with Gasteiger partial charge in [0.25, 0.3) is 5.91 Å². The summed E-state index contributed by atoms with van der Waals surface area (Å²) in [5, 5.41) is 0. The molecule has 108 valence electrons. The zero-order chi connectivity index (χ0) is 14.5. The van der Waals surface area contributed by atoms with E-state index in [2.05, 4.69) is 0 Å². The summed E-state index contributed by atoms with van der Waals surface area (Å²) >= 11 is 4.80. The van der Waals surface area contributed by atoms with E-state index >= 15 is 0 Å². The highest BCUT2D eigenvalue weighted by atomic mass is 32.1. The van der Waals surface area contributed by atoms with Crippen LogP contribution < -0.4 is 10.5 Å². The molecule has 1 aliphatic heterocycles. The maximum atomic E-state index is 13.6. The smallest absolute Gasteiger partial charge is 0.260 e. The number of likely N-dealkylation sites (tertiary alicyclic amines) is 1. The Bertz CT molecular complexity index is 516. The number of piperidine rings is 1. The number of nitrogens with zero attached hydrogens (tertiary/aromatic N) is 1. The summed E-state index contributed by atoms with van der Waals surface area (Å²) in [4.78, 5) is 13.7. The fraction of sp³-hybridized carbons (Fsp3) is 0.429. The summed E-state index contributed by atoms with van der Waals surface area (Å²) in [7, 11) is 0. The molecule has 0 atom stereocenters. The molecule has 0 aliphatic carbocycles. The number of nitrogens with two attached hydrogens (primary N) is 1. The first-order valence-electron chi connectivity index (χ1n) is 6.58. The summed E-state index contributed by atoms with van der Waals surface area (Å²) in [6, 6.07) is 4.31. The molecule has 2 rings (SSSR count). The SMILES string of the molecule is NC(=S)c1c(F)cccc1OCC(=O)N1CCCCC1. The molecular weight excluding hydrogens is 279 g/mol. The van der Waals surface area contributed by atoms with Gasteiger partial charge < -0.3 is 15.4 Å². The zero-order valence-electron chi connectivity index (χ0n) is 11.1. The molecule has 1 amide bonds. The standard InChI is InChI=1S/C14H17FN2O2S/c15-10-5-4-6-11(13(10)14(16)20)19-9-12(18)17-7-2-1-3-8-17/h4-6H,1-3,7-9H2,(H2,16,20). The maximum Gasteiger partial charge on any atom is 0.260 e. The van der Waals surface area contributed by atoms with Gasteiger partial charge >= 0.3 is 0 Å². The van der Waals surface area contributed by atoms with E-state index in [4.69, 9.17) is 22.7 Å². The summed E-state index contributed by atoms with van der Waals surface area (Å²) in [6.07, 6.45) is 3.19. The second-order valence-electron chi connectivity index (χ2n) is 4.71. The largest absolute Gasteiger partial charge is 0.483 e. The van der Waals surface area contributed by atoms with Crippen molar-refractivity contribution in [3.8, 4) is 5.75 Å². The molecule has 1 aliphatic rings. The number of thiocarbonyl (C=S) groups is 1. The summed E-state index contributed by atoms with van der Waals surface area (Å²) in [6.45, 7) is 1.39. The lowest BCUT2D eigenvalue weighted by Crippen LogP contribution is -2.38. The molecule has 6 heteroatoms. The molecule has 1 aromatic rings. The molecule has 1 heterocycles. The lowest BCUT2D eigenvalue weighted by molar-refractivity contribution is -0.134. The van der Waals surface area contributed by atoms with Gasteiger partial charge in [0, 0.05) is 13.1 Å². The van der Waals surface area contributed by atoms with Crippen LogP contribution in [0.4, 0.5) is 4.39 Å². The Kier molecular flexibility index (Phi) is 4.89. The minimum absolute atomic E-state index is 0.0499. The zero-order valence-corrected chi connectivity index (χ0v) is 11.9. The number of carbonyl (C=O) groups excluding carboxylic acids is 1. The fourth-order valence-electron chi connectivity index (χ4n) is 2.24. The molecule has 1 saturated heterocycles. The minimum atomic E-state index is -0.541. The highest BCUT2D eigenvalue weighted by molar-refractivity contribution is 7.80. The van der Waals surface area contributed by atoms with Gasteiger partial charge in [0.15, 0.2) is 6.61 Å². The Morgan fingerprint density at radius 2 is 2.05 bits per heavy atom. The van der Waals surface area contributed by atoms with Gasteiger partial charge in [0.1, 0.15) is 16.6 Å². The Hall–Kier alpha value is -1.69. The molecule has 1 fully saturated rings. The predicted octanol–water partition coefficient (Wildman–Crippen LogP) is 1.85. The number of ether oxygens (including phenoxy) is 1. The Morgan fingerprint density at radius 3 is 2.70 bits per heavy atom. The topological polar surface area (TPSA) is 55.6 Å². The molecular formula is C14H17FN2O2S. The van der Waals surface area contributed by atoms with Crippen LogP contribution in [0, 0.1) is 5.82 Å². The van der Waals surface area contributed by atoms with Gasteiger partial charge in [-0.2, -0.15) is 0 Å². The maximum absolute atomic E-state index is 13.6. The van der Waals surface area contributed by atoms with Crippen molar-refractivity contribution < 1.29 is 13.9 Å². The molecule has 0 bridgehead atoms. The second-order valence-corrected chi connectivity index (χ2v) is 5.15. The van der Waals surface area contributed by atoms with Gasteiger partial charge in [-0.05, 0) is 31.4 Å². The average Bonchev–Trinajstić information content (AvgIpc) is 2.45. The van der Waals surface area contributed by atoms with Gasteiger partial charge in [0.05, 0.1) is 5.56 Å². The molecule has 0 unspecified atom stereocenters. The number of rotatable bonds is 4. The van der Waals surface area contributed by atoms with Crippen LogP contribution >= 0.6 is 12.2 Å². The van der Waals surface area contributed by atoms with E-state index < -0.39 is 5.82 Å². The molecule has 4 nitrogen and oxygen atoms in total. The van der Waals surface area contributed by atoms with Crippen molar-refractivity contribution >= 4 is 23.1 Å². The van der Waals surface area contributed by atoms with Crippen molar-refractivity contribution in [2.24, 2.45) is 5.73 Å². The van der Waals surface area contributed by atoms with E-state index in [0.29, 0.717) is 0 Å². The number of carbonyl (C=O) groups is 1. The lowest BCUT2D eigenvalue weighted by Gasteiger charge is -2.26. The fourth-order valence-corrected chi connectivity index (χ4v) is 2.44. The van der Waals surface area contributed by atoms with Crippen LogP contribution in [0.3, 0.4) is 0 Å². The molecule has 0 saturated carbocycles. The Morgan fingerprint density at radius 1 is 1.35 bits per heavy atom. The number of benzene rings is 1. The van der Waals surface area contributed by atoms with Crippen molar-refractivity contribution in [2.45, 2.75) is 19.3 Å². The molecule has 2 N–H and O–H groups in total. The van der Waals surface area contributed by atoms with E-state index in [1.54, 1.807) is 11.0 Å². The van der Waals surface area contributed by atoms with Crippen LogP contribution in [0.15, 0.2) is 18.2 Å². The third-order valence-corrected chi connectivity index (χ3v) is 3.49. The first-order chi connectivity index (χ1) is 9.59. The van der Waals surface area contributed by atoms with Crippen LogP contribution in [0.2, 0.25) is 0 Å². The van der Waals surface area contributed by atoms with E-state index in [1.807, 2.05) is 0 Å². The number of amides is 1. The summed E-state index contributed by atoms with van der Waals surface area (Å²) in [5.41, 5.74) is 5.53. The summed E-state index contributed by atoms with van der Waals surface area (Å²) < 4.78 is 19.0. The first-order valence-corrected chi connectivity index (χ1v) is 6.99. The van der Waals surface area contributed by atoms with E-state index in [-0.39, 0.29) is 28.8 Å². The van der Waals surface area contributed by atoms with Crippen molar-refractivity contribution in [1.82, 2.24) is 4.90 Å². The number of hydrogen-bond donors (Lipinski definition) is 1. The molecule has 0 aromatic heterocycles. The van der Waals surface area contributed by atoms with Gasteiger partial charge in [-0.15, -0.1) is 0 Å². The van der Waals surface area contributed by atoms with Crippen LogP contribution in [0.5, 0.6) is 5.75 Å². The Balaban J connectivity index is 2.02. The van der Waals surface area contributed by atoms with Crippen LogP contribution in [-0.2, 0) is 4.79 Å². The average molecular weight is 296 g/mol. The summed E-state index contributed by atoms with van der Waals surface area (Å²) in [5.74, 6) is -0.425. The van der Waals surface area contributed by atoms with E-state index in [0.717, 1.165) is 32.4 Å². The van der Waals surface area contributed by atoms with Gasteiger partial charge in [0.2, 0.25) is 0 Å². The van der Waals surface area contributed by atoms with Crippen molar-refractivity contribution in [3.63, 3.8) is 0 Å². The molecule has 0 radical (unpaired) electrons. The monoisotopic (exact) mass is 296 g/mol. The van der Waals surface area contributed by atoms with Gasteiger partial charge in [-0.25, -0.2) is 4.39 Å². The van der Waals surface area contributed by atoms with Crippen molar-refractivity contribution in [1.29, 1.82) is 0 Å². The van der Waals surface area contributed by atoms with Gasteiger partial charge in [-0.1, -0.05) is 18.3 Å². The number of hydrogen-bond acceptors (Lipinski definition) is 3. The molecule has 20 heavy (non-hydrogen) atoms. The van der Waals surface area contributed by atoms with Crippen LogP contribution in [0.1, 0.15) is 24.8 Å². The molecule has 0 spiro atoms. The Labute approximate surface area is 122 Å². The van der Waals surface area contributed by atoms with E-state index in [9.17, 15) is 9.18 Å². The van der Waals surface area contributed by atoms with E-state index in [1.165, 1.54) is 12.1 Å². The quantitative estimate of drug-likeness (QED) is 0.862. The predicted molar refractivity (Wildman–Crippen MR) is 78.2 cm³/mol. The third-order valence-electron chi connectivity index (χ3n) is 3.28. The number of halogens is 1. The van der Waals surface area contributed by atoms with Crippen molar-refractivity contribution in [3.05, 3.63) is 29.6 Å². The normalized spacial score (nSPS) is 14.9. The second kappa shape index (κ2) is 6.65. The van der Waals surface area contributed by atoms with Crippen LogP contribution in [0.25, 0.3) is 0 Å². The highest BCUT2D eigenvalue weighted by Gasteiger charge is 2.18. The lowest BCUT2D eigenvalue weighted by atomic mass is 10.1. The molecule has 1 aromatic carbocycles. The van der Waals surface area contributed by atoms with Crippen molar-refractivity contribution in [2.75, 3.05) is 19.7 Å². The van der Waals surface area contributed by atoms with Crippen LogP contribution in [-0.4, -0.2) is 35.5 Å². The first kappa shape index (κ1) is 14.7. The third kappa shape index (κ3) is 3.45.